The van der Waals surface area contributed by atoms with E-state index < -0.39 is 18.2 Å². The van der Waals surface area contributed by atoms with Crippen molar-refractivity contribution >= 4 is 23.5 Å². The van der Waals surface area contributed by atoms with Crippen molar-refractivity contribution in [3.05, 3.63) is 30.3 Å². The number of ether oxygens (including phenoxy) is 2. The van der Waals surface area contributed by atoms with E-state index in [1.54, 1.807) is 29.2 Å². The Kier molecular flexibility index (Phi) is 5.67. The summed E-state index contributed by atoms with van der Waals surface area (Å²) in [5.41, 5.74) is 0.499. The van der Waals surface area contributed by atoms with Crippen molar-refractivity contribution in [1.82, 2.24) is 10.2 Å². The van der Waals surface area contributed by atoms with Gasteiger partial charge in [-0.2, -0.15) is 0 Å². The van der Waals surface area contributed by atoms with Crippen LogP contribution < -0.4 is 10.2 Å². The lowest BCUT2D eigenvalue weighted by Gasteiger charge is -2.42. The van der Waals surface area contributed by atoms with Gasteiger partial charge in [-0.1, -0.05) is 31.0 Å². The Labute approximate surface area is 181 Å². The van der Waals surface area contributed by atoms with E-state index in [-0.39, 0.29) is 36.5 Å². The van der Waals surface area contributed by atoms with Gasteiger partial charge in [0.1, 0.15) is 6.54 Å². The molecule has 3 saturated heterocycles. The van der Waals surface area contributed by atoms with Gasteiger partial charge < -0.3 is 19.7 Å². The van der Waals surface area contributed by atoms with Crippen LogP contribution in [0, 0.1) is 5.92 Å². The molecule has 8 nitrogen and oxygen atoms in total. The van der Waals surface area contributed by atoms with Gasteiger partial charge in [0.25, 0.3) is 5.91 Å². The molecule has 5 rings (SSSR count). The molecule has 0 aromatic heterocycles. The summed E-state index contributed by atoms with van der Waals surface area (Å²) in [6, 6.07) is 8.04. The predicted octanol–water partition coefficient (Wildman–Crippen LogP) is 2.08. The van der Waals surface area contributed by atoms with E-state index in [1.807, 2.05) is 6.07 Å². The second-order valence-electron chi connectivity index (χ2n) is 8.89. The molecule has 0 bridgehead atoms. The van der Waals surface area contributed by atoms with Gasteiger partial charge in [-0.05, 0) is 37.8 Å². The van der Waals surface area contributed by atoms with Gasteiger partial charge in [-0.15, -0.1) is 0 Å². The largest absolute Gasteiger partial charge is 0.376 e. The van der Waals surface area contributed by atoms with E-state index >= 15 is 0 Å². The van der Waals surface area contributed by atoms with Gasteiger partial charge >= 0.3 is 6.03 Å². The molecule has 0 spiro atoms. The number of hydrogen-bond acceptors (Lipinski definition) is 5. The van der Waals surface area contributed by atoms with E-state index in [9.17, 15) is 14.4 Å². The molecule has 31 heavy (non-hydrogen) atoms. The summed E-state index contributed by atoms with van der Waals surface area (Å²) in [6.07, 6.45) is 5.13. The van der Waals surface area contributed by atoms with Crippen LogP contribution in [0.25, 0.3) is 0 Å². The van der Waals surface area contributed by atoms with E-state index in [2.05, 4.69) is 5.32 Å². The quantitative estimate of drug-likeness (QED) is 0.777. The monoisotopic (exact) mass is 427 g/mol. The number of carbonyl (C=O) groups is 3. The zero-order valence-corrected chi connectivity index (χ0v) is 17.6. The number of carbonyl (C=O) groups excluding carboxylic acids is 3. The molecule has 5 unspecified atom stereocenters. The third-order valence-corrected chi connectivity index (χ3v) is 6.96. The first-order chi connectivity index (χ1) is 15.1. The molecule has 3 aliphatic heterocycles. The van der Waals surface area contributed by atoms with Crippen molar-refractivity contribution in [2.45, 2.75) is 62.9 Å². The number of nitrogens with zero attached hydrogens (tertiary/aromatic N) is 2. The SMILES string of the molecule is O=C(CN1C(=O)N(c2ccccc2)C(=O)C2OC3CCCCC3C21)NCC1CCCO1. The minimum Gasteiger partial charge on any atom is -0.376 e. The second kappa shape index (κ2) is 8.59. The number of benzene rings is 1. The van der Waals surface area contributed by atoms with Crippen LogP contribution in [0.15, 0.2) is 30.3 Å². The Balaban J connectivity index is 1.39. The molecule has 4 aliphatic rings. The highest BCUT2D eigenvalue weighted by molar-refractivity contribution is 6.18. The molecule has 1 aromatic rings. The van der Waals surface area contributed by atoms with Crippen LogP contribution in [0.3, 0.4) is 0 Å². The Morgan fingerprint density at radius 1 is 1.06 bits per heavy atom. The summed E-state index contributed by atoms with van der Waals surface area (Å²) in [4.78, 5) is 42.4. The number of hydrogen-bond donors (Lipinski definition) is 1. The number of nitrogens with one attached hydrogen (secondary N) is 1. The molecule has 1 aliphatic carbocycles. The number of anilines is 1. The maximum absolute atomic E-state index is 13.5. The molecule has 5 atom stereocenters. The van der Waals surface area contributed by atoms with Crippen LogP contribution in [0.4, 0.5) is 10.5 Å². The third-order valence-electron chi connectivity index (χ3n) is 6.96. The Morgan fingerprint density at radius 2 is 1.87 bits per heavy atom. The maximum atomic E-state index is 13.5. The van der Waals surface area contributed by atoms with E-state index in [0.717, 1.165) is 45.1 Å². The van der Waals surface area contributed by atoms with Gasteiger partial charge in [0.15, 0.2) is 6.10 Å². The summed E-state index contributed by atoms with van der Waals surface area (Å²) in [6.45, 7) is 1.08. The van der Waals surface area contributed by atoms with E-state index in [0.29, 0.717) is 12.2 Å². The zero-order valence-electron chi connectivity index (χ0n) is 17.6. The highest BCUT2D eigenvalue weighted by atomic mass is 16.5. The molecule has 4 amide bonds. The molecule has 4 fully saturated rings. The second-order valence-corrected chi connectivity index (χ2v) is 8.89. The summed E-state index contributed by atoms with van der Waals surface area (Å²) >= 11 is 0. The number of imide groups is 1. The lowest BCUT2D eigenvalue weighted by Crippen LogP contribution is -2.66. The molecule has 1 saturated carbocycles. The zero-order chi connectivity index (χ0) is 21.4. The average Bonchev–Trinajstić information content (AvgIpc) is 3.44. The molecule has 166 valence electrons. The minimum absolute atomic E-state index is 0.0336. The molecular weight excluding hydrogens is 398 g/mol. The van der Waals surface area contributed by atoms with Crippen LogP contribution in [-0.4, -0.2) is 66.8 Å². The Bertz CT molecular complexity index is 841. The number of urea groups is 1. The van der Waals surface area contributed by atoms with Gasteiger partial charge in [0.05, 0.1) is 23.9 Å². The van der Waals surface area contributed by atoms with Crippen molar-refractivity contribution in [1.29, 1.82) is 0 Å². The Hall–Kier alpha value is -2.45. The van der Waals surface area contributed by atoms with Crippen LogP contribution >= 0.6 is 0 Å². The topological polar surface area (TPSA) is 88.2 Å². The number of para-hydroxylation sites is 1. The lowest BCUT2D eigenvalue weighted by molar-refractivity contribution is -0.134. The summed E-state index contributed by atoms with van der Waals surface area (Å²) in [7, 11) is 0. The fourth-order valence-corrected chi connectivity index (χ4v) is 5.49. The summed E-state index contributed by atoms with van der Waals surface area (Å²) < 4.78 is 11.8. The fourth-order valence-electron chi connectivity index (χ4n) is 5.49. The molecule has 0 radical (unpaired) electrons. The Morgan fingerprint density at radius 3 is 2.65 bits per heavy atom. The number of amides is 4. The van der Waals surface area contributed by atoms with Crippen molar-refractivity contribution in [3.63, 3.8) is 0 Å². The maximum Gasteiger partial charge on any atom is 0.332 e. The number of fused-ring (bicyclic) bond motifs is 3. The highest BCUT2D eigenvalue weighted by Gasteiger charge is 2.58. The fraction of sp³-hybridized carbons (Fsp3) is 0.609. The molecular formula is C23H29N3O5. The number of rotatable bonds is 5. The van der Waals surface area contributed by atoms with Crippen molar-refractivity contribution in [2.24, 2.45) is 5.92 Å². The average molecular weight is 428 g/mol. The van der Waals surface area contributed by atoms with Crippen LogP contribution in [0.2, 0.25) is 0 Å². The minimum atomic E-state index is -0.725. The first kappa shape index (κ1) is 20.5. The third kappa shape index (κ3) is 3.83. The molecule has 1 aromatic carbocycles. The van der Waals surface area contributed by atoms with Crippen molar-refractivity contribution in [2.75, 3.05) is 24.6 Å². The van der Waals surface area contributed by atoms with Gasteiger partial charge in [0.2, 0.25) is 5.91 Å². The van der Waals surface area contributed by atoms with Gasteiger partial charge in [0, 0.05) is 19.1 Å². The van der Waals surface area contributed by atoms with E-state index in [4.69, 9.17) is 9.47 Å². The van der Waals surface area contributed by atoms with Crippen molar-refractivity contribution in [3.8, 4) is 0 Å². The van der Waals surface area contributed by atoms with Gasteiger partial charge in [-0.25, -0.2) is 9.69 Å². The van der Waals surface area contributed by atoms with Gasteiger partial charge in [-0.3, -0.25) is 9.59 Å². The lowest BCUT2D eigenvalue weighted by atomic mass is 9.81. The smallest absolute Gasteiger partial charge is 0.332 e. The highest BCUT2D eigenvalue weighted by Crippen LogP contribution is 2.43. The van der Waals surface area contributed by atoms with Crippen LogP contribution in [0.1, 0.15) is 38.5 Å². The molecule has 1 N–H and O–H groups in total. The first-order valence-electron chi connectivity index (χ1n) is 11.4. The molecule has 3 heterocycles. The standard InChI is InChI=1S/C23H29N3O5/c27-19(24-13-16-9-6-12-30-16)14-25-20-17-10-4-5-11-18(17)31-21(20)22(28)26(23(25)29)15-7-2-1-3-8-15/h1-3,7-8,16-18,20-21H,4-6,9-14H2,(H,24,27). The summed E-state index contributed by atoms with van der Waals surface area (Å²) in [5.74, 6) is -0.466. The first-order valence-corrected chi connectivity index (χ1v) is 11.4. The van der Waals surface area contributed by atoms with Crippen LogP contribution in [0.5, 0.6) is 0 Å². The van der Waals surface area contributed by atoms with Crippen LogP contribution in [-0.2, 0) is 19.1 Å². The van der Waals surface area contributed by atoms with Crippen molar-refractivity contribution < 1.29 is 23.9 Å². The predicted molar refractivity (Wildman–Crippen MR) is 112 cm³/mol. The summed E-state index contributed by atoms with van der Waals surface area (Å²) in [5, 5.41) is 2.91. The van der Waals surface area contributed by atoms with E-state index in [1.165, 1.54) is 4.90 Å². The normalized spacial score (nSPS) is 32.7. The molecule has 8 heteroatoms.